The SMILES string of the molecule is CC(=O)Nc1nc(CCc2ccc(CNC(=O)NN(C(=O)OC(C)(C)C)C(=O)OC(C)(C)C)c(F)c2F)cs1. The molecule has 1 aromatic carbocycles. The van der Waals surface area contributed by atoms with E-state index in [1.165, 1.54) is 30.4 Å². The van der Waals surface area contributed by atoms with Crippen molar-refractivity contribution in [3.05, 3.63) is 46.0 Å². The van der Waals surface area contributed by atoms with Gasteiger partial charge < -0.3 is 20.1 Å². The average Bonchev–Trinajstić information content (AvgIpc) is 3.21. The van der Waals surface area contributed by atoms with Gasteiger partial charge in [0.2, 0.25) is 5.91 Å². The smallest absolute Gasteiger partial charge is 0.439 e. The third kappa shape index (κ3) is 10.5. The summed E-state index contributed by atoms with van der Waals surface area (Å²) in [5.41, 5.74) is 0.619. The Bertz CT molecular complexity index is 1190. The summed E-state index contributed by atoms with van der Waals surface area (Å²) in [5, 5.41) is 7.22. The predicted molar refractivity (Wildman–Crippen MR) is 140 cm³/mol. The topological polar surface area (TPSA) is 139 Å². The molecule has 2 aromatic rings. The van der Waals surface area contributed by atoms with Crippen LogP contribution in [0.1, 0.15) is 65.3 Å². The van der Waals surface area contributed by atoms with Gasteiger partial charge in [-0.1, -0.05) is 12.1 Å². The fourth-order valence-electron chi connectivity index (χ4n) is 2.95. The quantitative estimate of drug-likeness (QED) is 0.414. The number of benzene rings is 1. The Balaban J connectivity index is 2.03. The third-order valence-corrected chi connectivity index (χ3v) is 5.34. The van der Waals surface area contributed by atoms with Gasteiger partial charge in [0.25, 0.3) is 0 Å². The molecule has 14 heteroatoms. The normalized spacial score (nSPS) is 11.4. The molecule has 1 heterocycles. The number of halogens is 2. The number of urea groups is 1. The second-order valence-corrected chi connectivity index (χ2v) is 11.3. The lowest BCUT2D eigenvalue weighted by atomic mass is 10.0. The van der Waals surface area contributed by atoms with Crippen LogP contribution in [0, 0.1) is 11.6 Å². The van der Waals surface area contributed by atoms with Gasteiger partial charge >= 0.3 is 18.2 Å². The van der Waals surface area contributed by atoms with Crippen molar-refractivity contribution in [2.75, 3.05) is 5.32 Å². The van der Waals surface area contributed by atoms with E-state index in [-0.39, 0.29) is 28.5 Å². The van der Waals surface area contributed by atoms with E-state index >= 15 is 0 Å². The van der Waals surface area contributed by atoms with Gasteiger partial charge in [0.05, 0.1) is 5.69 Å². The van der Waals surface area contributed by atoms with E-state index in [0.29, 0.717) is 17.2 Å². The van der Waals surface area contributed by atoms with E-state index in [1.54, 1.807) is 46.9 Å². The maximum absolute atomic E-state index is 14.7. The third-order valence-electron chi connectivity index (χ3n) is 4.53. The first-order chi connectivity index (χ1) is 17.9. The summed E-state index contributed by atoms with van der Waals surface area (Å²) in [6.07, 6.45) is -1.92. The van der Waals surface area contributed by atoms with Crippen molar-refractivity contribution in [1.82, 2.24) is 20.7 Å². The number of anilines is 1. The minimum Gasteiger partial charge on any atom is -0.442 e. The molecule has 39 heavy (non-hydrogen) atoms. The molecule has 0 aliphatic heterocycles. The van der Waals surface area contributed by atoms with Crippen LogP contribution in [0.2, 0.25) is 0 Å². The number of hydrogen-bond acceptors (Lipinski definition) is 8. The number of nitrogens with one attached hydrogen (secondary N) is 3. The van der Waals surface area contributed by atoms with Crippen LogP contribution in [0.5, 0.6) is 0 Å². The summed E-state index contributed by atoms with van der Waals surface area (Å²) in [4.78, 5) is 52.7. The molecular formula is C25H33F2N5O6S. The van der Waals surface area contributed by atoms with E-state index < -0.39 is 47.6 Å². The van der Waals surface area contributed by atoms with Crippen molar-refractivity contribution in [3.63, 3.8) is 0 Å². The van der Waals surface area contributed by atoms with Crippen LogP contribution in [0.25, 0.3) is 0 Å². The fraction of sp³-hybridized carbons (Fsp3) is 0.480. The minimum absolute atomic E-state index is 0.107. The Labute approximate surface area is 229 Å². The lowest BCUT2D eigenvalue weighted by molar-refractivity contribution is -0.114. The van der Waals surface area contributed by atoms with Gasteiger partial charge in [-0.15, -0.1) is 16.3 Å². The minimum atomic E-state index is -1.20. The van der Waals surface area contributed by atoms with Crippen LogP contribution in [0.3, 0.4) is 0 Å². The number of hydrogen-bond donors (Lipinski definition) is 3. The number of carbonyl (C=O) groups is 4. The average molecular weight is 570 g/mol. The molecule has 0 unspecified atom stereocenters. The molecule has 0 saturated carbocycles. The Morgan fingerprint density at radius 2 is 1.46 bits per heavy atom. The maximum atomic E-state index is 14.7. The first-order valence-corrected chi connectivity index (χ1v) is 12.8. The fourth-order valence-corrected chi connectivity index (χ4v) is 3.74. The summed E-state index contributed by atoms with van der Waals surface area (Å²) in [5.74, 6) is -2.48. The van der Waals surface area contributed by atoms with E-state index in [0.717, 1.165) is 0 Å². The number of rotatable bonds is 6. The number of imide groups is 1. The van der Waals surface area contributed by atoms with Gasteiger partial charge in [-0.2, -0.15) is 0 Å². The van der Waals surface area contributed by atoms with E-state index in [2.05, 4.69) is 15.6 Å². The molecule has 11 nitrogen and oxygen atoms in total. The van der Waals surface area contributed by atoms with Crippen molar-refractivity contribution in [1.29, 1.82) is 0 Å². The zero-order chi connectivity index (χ0) is 29.5. The first kappa shape index (κ1) is 31.4. The second-order valence-electron chi connectivity index (χ2n) is 10.4. The van der Waals surface area contributed by atoms with Gasteiger partial charge in [-0.25, -0.2) is 33.6 Å². The molecular weight excluding hydrogens is 536 g/mol. The van der Waals surface area contributed by atoms with Crippen LogP contribution in [-0.2, 0) is 33.7 Å². The Kier molecular flexibility index (Phi) is 10.3. The summed E-state index contributed by atoms with van der Waals surface area (Å²) in [6.45, 7) is 10.3. The van der Waals surface area contributed by atoms with Gasteiger partial charge in [0, 0.05) is 24.4 Å². The highest BCUT2D eigenvalue weighted by atomic mass is 32.1. The lowest BCUT2D eigenvalue weighted by Crippen LogP contribution is -2.55. The number of aryl methyl sites for hydroxylation is 2. The van der Waals surface area contributed by atoms with Crippen LogP contribution < -0.4 is 16.1 Å². The molecule has 3 N–H and O–H groups in total. The number of carbonyl (C=O) groups excluding carboxylic acids is 4. The highest BCUT2D eigenvalue weighted by Crippen LogP contribution is 2.21. The number of nitrogens with zero attached hydrogens (tertiary/aromatic N) is 2. The molecule has 0 aliphatic carbocycles. The molecule has 2 rings (SSSR count). The molecule has 0 bridgehead atoms. The molecule has 0 atom stereocenters. The molecule has 0 radical (unpaired) electrons. The van der Waals surface area contributed by atoms with Crippen molar-refractivity contribution in [3.8, 4) is 0 Å². The zero-order valence-electron chi connectivity index (χ0n) is 22.9. The van der Waals surface area contributed by atoms with Gasteiger partial charge in [0.15, 0.2) is 16.8 Å². The van der Waals surface area contributed by atoms with Gasteiger partial charge in [-0.05, 0) is 59.9 Å². The molecule has 0 fully saturated rings. The molecule has 214 valence electrons. The Morgan fingerprint density at radius 3 is 2.00 bits per heavy atom. The van der Waals surface area contributed by atoms with Crippen molar-refractivity contribution < 1.29 is 37.4 Å². The number of aromatic nitrogens is 1. The maximum Gasteiger partial charge on any atom is 0.439 e. The van der Waals surface area contributed by atoms with Crippen molar-refractivity contribution >= 4 is 40.6 Å². The molecule has 0 saturated heterocycles. The highest BCUT2D eigenvalue weighted by molar-refractivity contribution is 7.13. The Morgan fingerprint density at radius 1 is 0.923 bits per heavy atom. The van der Waals surface area contributed by atoms with Crippen molar-refractivity contribution in [2.45, 2.75) is 79.1 Å². The number of ether oxygens (including phenoxy) is 2. The number of hydrazine groups is 1. The first-order valence-electron chi connectivity index (χ1n) is 11.9. The van der Waals surface area contributed by atoms with Crippen LogP contribution >= 0.6 is 11.3 Å². The van der Waals surface area contributed by atoms with Crippen molar-refractivity contribution in [2.24, 2.45) is 0 Å². The van der Waals surface area contributed by atoms with Gasteiger partial charge in [-0.3, -0.25) is 4.79 Å². The molecule has 1 aromatic heterocycles. The summed E-state index contributed by atoms with van der Waals surface area (Å²) >= 11 is 1.23. The molecule has 5 amide bonds. The van der Waals surface area contributed by atoms with Crippen LogP contribution in [0.15, 0.2) is 17.5 Å². The zero-order valence-corrected chi connectivity index (χ0v) is 23.7. The van der Waals surface area contributed by atoms with E-state index in [1.807, 2.05) is 5.43 Å². The number of amides is 5. The van der Waals surface area contributed by atoms with E-state index in [9.17, 15) is 28.0 Å². The van der Waals surface area contributed by atoms with E-state index in [4.69, 9.17) is 9.47 Å². The largest absolute Gasteiger partial charge is 0.442 e. The molecule has 0 spiro atoms. The summed E-state index contributed by atoms with van der Waals surface area (Å²) in [7, 11) is 0. The Hall–Kier alpha value is -3.81. The second kappa shape index (κ2) is 12.8. The monoisotopic (exact) mass is 569 g/mol. The number of thiazole rings is 1. The van der Waals surface area contributed by atoms with Crippen LogP contribution in [0.4, 0.5) is 28.3 Å². The highest BCUT2D eigenvalue weighted by Gasteiger charge is 2.33. The summed E-state index contributed by atoms with van der Waals surface area (Å²) < 4.78 is 39.7. The van der Waals surface area contributed by atoms with Gasteiger partial charge in [0.1, 0.15) is 11.2 Å². The predicted octanol–water partition coefficient (Wildman–Crippen LogP) is 5.05. The summed E-state index contributed by atoms with van der Waals surface area (Å²) in [6, 6.07) is 1.65. The standard InChI is InChI=1S/C25H33F2N5O6S/c1-14(33)29-21-30-17(13-39-21)11-10-15-8-9-16(19(27)18(15)26)12-28-20(34)31-32(22(35)37-24(2,3)4)23(36)38-25(5,6)7/h8-9,13H,10-12H2,1-7H3,(H2,28,31,34)(H,29,30,33). The molecule has 0 aliphatic rings. The van der Waals surface area contributed by atoms with Crippen LogP contribution in [-0.4, -0.2) is 45.3 Å². The lowest BCUT2D eigenvalue weighted by Gasteiger charge is -2.28.